The standard InChI is InChI=1S/C45H40Cl2N4O10S/c1-26(52)60-35-20-33-41(31-8-4-2-6-29(31)35)27(22-46)24-50(33)43(55)37-10-11-38(62-37)44(56)51-25-28(23-47)42-32-9-5-3-7-30(32)36(21-34(42)51)61-45(57)48-14-16-58-18-19-59-17-15-49-39(53)12-13-40(49)54/h2-13,20-21,27-28H,14-19,22-25H2,1H3,(H,48,57). The Morgan fingerprint density at radius 2 is 1.16 bits per heavy atom. The number of rotatable bonds is 15. The third-order valence-corrected chi connectivity index (χ3v) is 12.7. The van der Waals surface area contributed by atoms with Crippen LogP contribution >= 0.6 is 34.5 Å². The Hall–Kier alpha value is -5.84. The quantitative estimate of drug-likeness (QED) is 0.0381. The number of anilines is 2. The molecule has 14 nitrogen and oxygen atoms in total. The zero-order valence-electron chi connectivity index (χ0n) is 33.4. The van der Waals surface area contributed by atoms with Gasteiger partial charge in [-0.15, -0.1) is 34.5 Å². The van der Waals surface area contributed by atoms with Crippen molar-refractivity contribution in [2.75, 3.05) is 74.2 Å². The minimum absolute atomic E-state index is 0.141. The number of nitrogens with one attached hydrogen (secondary N) is 1. The molecule has 3 aliphatic rings. The maximum absolute atomic E-state index is 14.4. The summed E-state index contributed by atoms with van der Waals surface area (Å²) < 4.78 is 22.4. The number of fused-ring (bicyclic) bond motifs is 6. The SMILES string of the molecule is CC(=O)Oc1cc2c(c3ccccc13)C(CCl)CN2C(=O)c1ccc(C(=O)N2CC(CCl)c3c2cc(OC(=O)NCCOCCOCCN2C(=O)C=CC2=O)c2ccccc32)s1. The number of carbonyl (C=O) groups excluding carboxylic acids is 6. The number of amides is 5. The molecule has 5 amide bonds. The lowest BCUT2D eigenvalue weighted by atomic mass is 9.95. The van der Waals surface area contributed by atoms with Crippen molar-refractivity contribution in [3.8, 4) is 11.5 Å². The maximum atomic E-state index is 14.4. The number of thiophene rings is 1. The number of hydrogen-bond acceptors (Lipinski definition) is 11. The van der Waals surface area contributed by atoms with Crippen molar-refractivity contribution in [1.82, 2.24) is 10.2 Å². The molecule has 2 atom stereocenters. The fraction of sp³-hybridized carbons (Fsp3) is 0.289. The van der Waals surface area contributed by atoms with Crippen LogP contribution in [0.3, 0.4) is 0 Å². The molecule has 0 bridgehead atoms. The average Bonchev–Trinajstić information content (AvgIpc) is 4.07. The predicted molar refractivity (Wildman–Crippen MR) is 235 cm³/mol. The molecule has 1 N–H and O–H groups in total. The van der Waals surface area contributed by atoms with Gasteiger partial charge in [-0.2, -0.15) is 0 Å². The summed E-state index contributed by atoms with van der Waals surface area (Å²) in [6.45, 7) is 3.00. The Morgan fingerprint density at radius 3 is 1.66 bits per heavy atom. The van der Waals surface area contributed by atoms with Crippen LogP contribution in [0.4, 0.5) is 16.2 Å². The third-order valence-electron chi connectivity index (χ3n) is 10.9. The molecule has 2 unspecified atom stereocenters. The first-order valence-electron chi connectivity index (χ1n) is 19.9. The summed E-state index contributed by atoms with van der Waals surface area (Å²) in [5, 5.41) is 5.72. The highest BCUT2D eigenvalue weighted by Crippen LogP contribution is 2.48. The molecule has 5 aromatic rings. The second-order valence-electron chi connectivity index (χ2n) is 14.7. The lowest BCUT2D eigenvalue weighted by Gasteiger charge is -2.19. The van der Waals surface area contributed by atoms with Crippen LogP contribution in [0.2, 0.25) is 0 Å². The second kappa shape index (κ2) is 18.6. The van der Waals surface area contributed by atoms with E-state index in [2.05, 4.69) is 5.32 Å². The summed E-state index contributed by atoms with van der Waals surface area (Å²) in [6, 6.07) is 21.6. The monoisotopic (exact) mass is 898 g/mol. The van der Waals surface area contributed by atoms with E-state index < -0.39 is 12.1 Å². The number of esters is 1. The number of carbonyl (C=O) groups is 6. The molecule has 0 saturated heterocycles. The Labute approximate surface area is 369 Å². The van der Waals surface area contributed by atoms with Gasteiger partial charge in [0.15, 0.2) is 0 Å². The predicted octanol–water partition coefficient (Wildman–Crippen LogP) is 6.99. The Kier molecular flexibility index (Phi) is 12.9. The molecule has 17 heteroatoms. The first-order valence-corrected chi connectivity index (χ1v) is 21.8. The van der Waals surface area contributed by atoms with Gasteiger partial charge < -0.3 is 34.1 Å². The van der Waals surface area contributed by atoms with Crippen LogP contribution in [0.5, 0.6) is 11.5 Å². The van der Waals surface area contributed by atoms with E-state index in [0.29, 0.717) is 38.8 Å². The average molecular weight is 900 g/mol. The summed E-state index contributed by atoms with van der Waals surface area (Å²) in [5.41, 5.74) is 2.89. The van der Waals surface area contributed by atoms with Crippen molar-refractivity contribution in [2.24, 2.45) is 0 Å². The van der Waals surface area contributed by atoms with E-state index in [1.54, 1.807) is 34.1 Å². The van der Waals surface area contributed by atoms with E-state index in [0.717, 1.165) is 43.5 Å². The molecule has 8 rings (SSSR count). The van der Waals surface area contributed by atoms with Crippen LogP contribution in [-0.2, 0) is 23.9 Å². The van der Waals surface area contributed by atoms with Crippen LogP contribution in [0, 0.1) is 0 Å². The van der Waals surface area contributed by atoms with Crippen LogP contribution in [0.25, 0.3) is 21.5 Å². The molecule has 4 aromatic carbocycles. The summed E-state index contributed by atoms with van der Waals surface area (Å²) in [5.74, 6) is -1.19. The molecular weight excluding hydrogens is 859 g/mol. The van der Waals surface area contributed by atoms with Gasteiger partial charge in [0.25, 0.3) is 23.6 Å². The number of benzene rings is 4. The van der Waals surface area contributed by atoms with Gasteiger partial charge in [-0.3, -0.25) is 28.9 Å². The van der Waals surface area contributed by atoms with Crippen molar-refractivity contribution < 1.29 is 47.7 Å². The molecule has 320 valence electrons. The Bertz CT molecular complexity index is 2630. The molecular formula is C45H40Cl2N4O10S. The molecule has 0 fully saturated rings. The van der Waals surface area contributed by atoms with Gasteiger partial charge in [0.05, 0.1) is 54.1 Å². The van der Waals surface area contributed by atoms with Crippen LogP contribution in [-0.4, -0.2) is 105 Å². The number of hydrogen-bond donors (Lipinski definition) is 1. The molecule has 0 radical (unpaired) electrons. The normalized spacial score (nSPS) is 16.7. The fourth-order valence-electron chi connectivity index (χ4n) is 8.11. The van der Waals surface area contributed by atoms with Crippen molar-refractivity contribution >= 4 is 103 Å². The smallest absolute Gasteiger partial charge is 0.412 e. The summed E-state index contributed by atoms with van der Waals surface area (Å²) in [6.07, 6.45) is 1.72. The topological polar surface area (TPSA) is 161 Å². The largest absolute Gasteiger partial charge is 0.426 e. The number of imide groups is 1. The van der Waals surface area contributed by atoms with Gasteiger partial charge in [-0.25, -0.2) is 4.79 Å². The molecule has 3 aliphatic heterocycles. The van der Waals surface area contributed by atoms with Crippen molar-refractivity contribution in [1.29, 1.82) is 0 Å². The van der Waals surface area contributed by atoms with Crippen LogP contribution in [0.1, 0.15) is 49.2 Å². The Morgan fingerprint density at radius 1 is 0.677 bits per heavy atom. The zero-order valence-corrected chi connectivity index (χ0v) is 35.7. The molecule has 1 aromatic heterocycles. The van der Waals surface area contributed by atoms with Crippen LogP contribution in [0.15, 0.2) is 84.9 Å². The summed E-state index contributed by atoms with van der Waals surface area (Å²) in [4.78, 5) is 82.0. The summed E-state index contributed by atoms with van der Waals surface area (Å²) in [7, 11) is 0. The van der Waals surface area contributed by atoms with E-state index in [9.17, 15) is 28.8 Å². The minimum atomic E-state index is -0.720. The Balaban J connectivity index is 0.946. The van der Waals surface area contributed by atoms with Gasteiger partial charge in [-0.05, 0) is 34.0 Å². The van der Waals surface area contributed by atoms with Gasteiger partial charge in [0.2, 0.25) is 0 Å². The maximum Gasteiger partial charge on any atom is 0.412 e. The highest BCUT2D eigenvalue weighted by atomic mass is 35.5. The van der Waals surface area contributed by atoms with E-state index >= 15 is 0 Å². The fourth-order valence-corrected chi connectivity index (χ4v) is 9.52. The van der Waals surface area contributed by atoms with E-state index in [1.807, 2.05) is 48.5 Å². The summed E-state index contributed by atoms with van der Waals surface area (Å²) >= 11 is 14.1. The molecule has 4 heterocycles. The van der Waals surface area contributed by atoms with Crippen LogP contribution < -0.4 is 24.6 Å². The van der Waals surface area contributed by atoms with Crippen molar-refractivity contribution in [2.45, 2.75) is 18.8 Å². The lowest BCUT2D eigenvalue weighted by Crippen LogP contribution is -2.33. The first-order chi connectivity index (χ1) is 30.1. The van der Waals surface area contributed by atoms with Crippen molar-refractivity contribution in [3.05, 3.63) is 106 Å². The molecule has 0 aliphatic carbocycles. The molecule has 62 heavy (non-hydrogen) atoms. The number of nitrogens with zero attached hydrogens (tertiary/aromatic N) is 3. The second-order valence-corrected chi connectivity index (χ2v) is 16.4. The van der Waals surface area contributed by atoms with Gasteiger partial charge >= 0.3 is 12.1 Å². The number of halogens is 2. The molecule has 0 saturated carbocycles. The van der Waals surface area contributed by atoms with Gasteiger partial charge in [-0.1, -0.05) is 48.5 Å². The highest BCUT2D eigenvalue weighted by Gasteiger charge is 2.38. The highest BCUT2D eigenvalue weighted by molar-refractivity contribution is 7.16. The lowest BCUT2D eigenvalue weighted by molar-refractivity contribution is -0.137. The number of alkyl halides is 2. The van der Waals surface area contributed by atoms with Gasteiger partial charge in [0, 0.05) is 85.2 Å². The van der Waals surface area contributed by atoms with E-state index in [-0.39, 0.29) is 99.0 Å². The van der Waals surface area contributed by atoms with E-state index in [1.165, 1.54) is 19.1 Å². The third kappa shape index (κ3) is 8.50. The number of ether oxygens (including phenoxy) is 4. The van der Waals surface area contributed by atoms with Crippen molar-refractivity contribution in [3.63, 3.8) is 0 Å². The van der Waals surface area contributed by atoms with E-state index in [4.69, 9.17) is 42.1 Å². The first kappa shape index (κ1) is 42.8. The van der Waals surface area contributed by atoms with Gasteiger partial charge in [0.1, 0.15) is 11.5 Å². The zero-order chi connectivity index (χ0) is 43.5. The minimum Gasteiger partial charge on any atom is -0.426 e. The molecule has 0 spiro atoms.